The first-order valence-electron chi connectivity index (χ1n) is 16.6. The number of carbonyl (C=O) groups is 3. The molecule has 11 unspecified atom stereocenters. The summed E-state index contributed by atoms with van der Waals surface area (Å²) in [5.41, 5.74) is 0.634. The predicted molar refractivity (Wildman–Crippen MR) is 160 cm³/mol. The standard InChI is InChI=1S/C35H57NO5/c1-21(36-22(2)37)25-12-17-35(20-40-23(3)38)19-18-33(8)26(30(25)35)10-11-28-32(7)15-14-29(41-24(4)39)31(5,6)27(32)13-16-34(28,33)9/h21,25-30H,10-20H2,1-9H3,(H,36,37). The number of rotatable bonds is 5. The molecule has 5 saturated carbocycles. The Labute approximate surface area is 248 Å². The molecular weight excluding hydrogens is 514 g/mol. The first kappa shape index (κ1) is 30.9. The highest BCUT2D eigenvalue weighted by Crippen LogP contribution is 2.77. The largest absolute Gasteiger partial charge is 0.465 e. The van der Waals surface area contributed by atoms with Crippen LogP contribution in [0.15, 0.2) is 0 Å². The lowest BCUT2D eigenvalue weighted by Gasteiger charge is -2.73. The molecule has 0 aromatic heterocycles. The van der Waals surface area contributed by atoms with Crippen molar-refractivity contribution in [1.82, 2.24) is 5.32 Å². The van der Waals surface area contributed by atoms with E-state index in [2.05, 4.69) is 46.9 Å². The van der Waals surface area contributed by atoms with Crippen molar-refractivity contribution in [1.29, 1.82) is 0 Å². The molecule has 0 aliphatic heterocycles. The van der Waals surface area contributed by atoms with Crippen LogP contribution in [0.5, 0.6) is 0 Å². The summed E-state index contributed by atoms with van der Waals surface area (Å²) < 4.78 is 11.7. The summed E-state index contributed by atoms with van der Waals surface area (Å²) in [6, 6.07) is 0.121. The first-order valence-corrected chi connectivity index (χ1v) is 16.6. The summed E-state index contributed by atoms with van der Waals surface area (Å²) in [4.78, 5) is 36.1. The minimum absolute atomic E-state index is 0.000408. The number of hydrogen-bond acceptors (Lipinski definition) is 5. The fourth-order valence-electron chi connectivity index (χ4n) is 12.7. The van der Waals surface area contributed by atoms with E-state index in [4.69, 9.17) is 9.47 Å². The number of esters is 2. The average Bonchev–Trinajstić information content (AvgIpc) is 3.24. The Hall–Kier alpha value is -1.59. The van der Waals surface area contributed by atoms with Crippen molar-refractivity contribution in [3.63, 3.8) is 0 Å². The van der Waals surface area contributed by atoms with Gasteiger partial charge in [0, 0.05) is 37.6 Å². The van der Waals surface area contributed by atoms with Gasteiger partial charge in [-0.25, -0.2) is 0 Å². The van der Waals surface area contributed by atoms with Gasteiger partial charge in [-0.1, -0.05) is 34.6 Å². The molecule has 0 radical (unpaired) electrons. The summed E-state index contributed by atoms with van der Waals surface area (Å²) in [6.07, 6.45) is 11.4. The van der Waals surface area contributed by atoms with Gasteiger partial charge in [0.15, 0.2) is 0 Å². The van der Waals surface area contributed by atoms with Gasteiger partial charge in [0.05, 0.1) is 6.61 Å². The van der Waals surface area contributed by atoms with E-state index in [1.807, 2.05) is 0 Å². The van der Waals surface area contributed by atoms with Gasteiger partial charge in [-0.05, 0) is 117 Å². The van der Waals surface area contributed by atoms with Crippen molar-refractivity contribution in [3.8, 4) is 0 Å². The lowest BCUT2D eigenvalue weighted by molar-refractivity contribution is -0.253. The lowest BCUT2D eigenvalue weighted by atomic mass is 9.32. The minimum atomic E-state index is -0.182. The number of hydrogen-bond donors (Lipinski definition) is 1. The lowest BCUT2D eigenvalue weighted by Crippen LogP contribution is -2.67. The molecule has 6 nitrogen and oxygen atoms in total. The smallest absolute Gasteiger partial charge is 0.302 e. The van der Waals surface area contributed by atoms with Crippen molar-refractivity contribution in [2.45, 2.75) is 139 Å². The summed E-state index contributed by atoms with van der Waals surface area (Å²) in [5, 5.41) is 3.26. The van der Waals surface area contributed by atoms with Gasteiger partial charge >= 0.3 is 11.9 Å². The second kappa shape index (κ2) is 10.3. The van der Waals surface area contributed by atoms with Crippen molar-refractivity contribution in [2.75, 3.05) is 6.61 Å². The maximum Gasteiger partial charge on any atom is 0.302 e. The van der Waals surface area contributed by atoms with Crippen molar-refractivity contribution in [2.24, 2.45) is 56.7 Å². The zero-order valence-corrected chi connectivity index (χ0v) is 27.4. The van der Waals surface area contributed by atoms with Gasteiger partial charge in [-0.2, -0.15) is 0 Å². The van der Waals surface area contributed by atoms with Crippen molar-refractivity contribution >= 4 is 17.8 Å². The Balaban J connectivity index is 1.50. The SMILES string of the molecule is CC(=O)NC(C)C1CCC2(COC(C)=O)CCC3(C)C(CCC4C5(C)CCC(OC(C)=O)C(C)(C)C5CCC43C)C12. The molecule has 0 saturated heterocycles. The Morgan fingerprint density at radius 3 is 2.12 bits per heavy atom. The topological polar surface area (TPSA) is 81.7 Å². The van der Waals surface area contributed by atoms with E-state index >= 15 is 0 Å². The third kappa shape index (κ3) is 4.58. The van der Waals surface area contributed by atoms with Gasteiger partial charge in [0.25, 0.3) is 0 Å². The average molecular weight is 572 g/mol. The fourth-order valence-corrected chi connectivity index (χ4v) is 12.7. The predicted octanol–water partition coefficient (Wildman–Crippen LogP) is 7.09. The molecule has 0 aromatic carbocycles. The molecule has 6 heteroatoms. The first-order chi connectivity index (χ1) is 19.0. The van der Waals surface area contributed by atoms with Crippen LogP contribution in [0.4, 0.5) is 0 Å². The summed E-state index contributed by atoms with van der Waals surface area (Å²) >= 11 is 0. The maximum absolute atomic E-state index is 12.1. The van der Waals surface area contributed by atoms with E-state index in [1.54, 1.807) is 13.8 Å². The van der Waals surface area contributed by atoms with Crippen LogP contribution < -0.4 is 5.32 Å². The van der Waals surface area contributed by atoms with Crippen LogP contribution in [0.25, 0.3) is 0 Å². The van der Waals surface area contributed by atoms with Crippen molar-refractivity contribution < 1.29 is 23.9 Å². The molecule has 5 fully saturated rings. The van der Waals surface area contributed by atoms with Crippen LogP contribution in [0.1, 0.15) is 127 Å². The monoisotopic (exact) mass is 571 g/mol. The molecule has 11 atom stereocenters. The Bertz CT molecular complexity index is 1070. The molecule has 0 spiro atoms. The van der Waals surface area contributed by atoms with Crippen LogP contribution in [-0.2, 0) is 23.9 Å². The maximum atomic E-state index is 12.1. The molecule has 1 N–H and O–H groups in total. The zero-order valence-electron chi connectivity index (χ0n) is 27.4. The Morgan fingerprint density at radius 2 is 1.49 bits per heavy atom. The number of fused-ring (bicyclic) bond motifs is 7. The van der Waals surface area contributed by atoms with Crippen LogP contribution in [0.2, 0.25) is 0 Å². The fraction of sp³-hybridized carbons (Fsp3) is 0.914. The second-order valence-electron chi connectivity index (χ2n) is 16.5. The van der Waals surface area contributed by atoms with Crippen LogP contribution in [0, 0.1) is 56.7 Å². The van der Waals surface area contributed by atoms with E-state index in [-0.39, 0.29) is 57.1 Å². The second-order valence-corrected chi connectivity index (χ2v) is 16.5. The van der Waals surface area contributed by atoms with Gasteiger partial charge in [-0.3, -0.25) is 14.4 Å². The highest BCUT2D eigenvalue weighted by Gasteiger charge is 2.71. The molecule has 5 aliphatic carbocycles. The van der Waals surface area contributed by atoms with E-state index in [0.29, 0.717) is 36.2 Å². The molecule has 0 heterocycles. The van der Waals surface area contributed by atoms with E-state index in [9.17, 15) is 14.4 Å². The number of carbonyl (C=O) groups excluding carboxylic acids is 3. The molecule has 1 amide bonds. The van der Waals surface area contributed by atoms with Crippen LogP contribution in [-0.4, -0.2) is 36.6 Å². The third-order valence-corrected chi connectivity index (χ3v) is 14.5. The summed E-state index contributed by atoms with van der Waals surface area (Å²) in [7, 11) is 0. The minimum Gasteiger partial charge on any atom is -0.465 e. The number of amides is 1. The highest BCUT2D eigenvalue weighted by atomic mass is 16.5. The zero-order chi connectivity index (χ0) is 30.2. The van der Waals surface area contributed by atoms with Gasteiger partial charge in [0.1, 0.15) is 6.10 Å². The van der Waals surface area contributed by atoms with Gasteiger partial charge in [0.2, 0.25) is 5.91 Å². The number of nitrogens with one attached hydrogen (secondary N) is 1. The molecular formula is C35H57NO5. The van der Waals surface area contributed by atoms with Gasteiger partial charge < -0.3 is 14.8 Å². The Morgan fingerprint density at radius 1 is 0.780 bits per heavy atom. The molecule has 232 valence electrons. The Kier molecular flexibility index (Phi) is 7.72. The molecule has 41 heavy (non-hydrogen) atoms. The van der Waals surface area contributed by atoms with Gasteiger partial charge in [-0.15, -0.1) is 0 Å². The van der Waals surface area contributed by atoms with Crippen LogP contribution >= 0.6 is 0 Å². The molecule has 0 bridgehead atoms. The number of ether oxygens (including phenoxy) is 2. The van der Waals surface area contributed by atoms with E-state index in [1.165, 1.54) is 39.0 Å². The van der Waals surface area contributed by atoms with Crippen LogP contribution in [0.3, 0.4) is 0 Å². The third-order valence-electron chi connectivity index (χ3n) is 14.5. The molecule has 5 aliphatic rings. The highest BCUT2D eigenvalue weighted by molar-refractivity contribution is 5.73. The van der Waals surface area contributed by atoms with E-state index in [0.717, 1.165) is 32.1 Å². The van der Waals surface area contributed by atoms with E-state index < -0.39 is 0 Å². The quantitative estimate of drug-likeness (QED) is 0.356. The van der Waals surface area contributed by atoms with Crippen molar-refractivity contribution in [3.05, 3.63) is 0 Å². The molecule has 5 rings (SSSR count). The molecule has 0 aromatic rings. The summed E-state index contributed by atoms with van der Waals surface area (Å²) in [5.74, 6) is 2.30. The summed E-state index contributed by atoms with van der Waals surface area (Å²) in [6.45, 7) is 20.0. The normalized spacial score (nSPS) is 47.0.